The summed E-state index contributed by atoms with van der Waals surface area (Å²) in [6.45, 7) is 18.1. The average molecular weight is 384 g/mol. The first-order valence-electron chi connectivity index (χ1n) is 10.5. The molecule has 0 saturated heterocycles. The molecule has 0 aliphatic carbocycles. The van der Waals surface area contributed by atoms with Crippen LogP contribution in [-0.2, 0) is 0 Å². The second-order valence-corrected chi connectivity index (χ2v) is 6.04. The number of hydrogen-bond acceptors (Lipinski definition) is 2. The number of rotatable bonds is 5. The van der Waals surface area contributed by atoms with Gasteiger partial charge in [0.1, 0.15) is 6.23 Å². The van der Waals surface area contributed by atoms with Gasteiger partial charge in [-0.05, 0) is 30.9 Å². The van der Waals surface area contributed by atoms with Gasteiger partial charge in [0.05, 0.1) is 0 Å². The molecular weight excluding hydrogens is 342 g/mol. The Morgan fingerprint density at radius 2 is 1.25 bits per heavy atom. The number of nitrogens with zero attached hydrogens (tertiary/aromatic N) is 1. The third-order valence-electron chi connectivity index (χ3n) is 3.38. The van der Waals surface area contributed by atoms with Gasteiger partial charge < -0.3 is 5.11 Å². The van der Waals surface area contributed by atoms with Crippen LogP contribution < -0.4 is 0 Å². The van der Waals surface area contributed by atoms with Crippen molar-refractivity contribution in [2.75, 3.05) is 0 Å². The van der Waals surface area contributed by atoms with Crippen LogP contribution in [0.1, 0.15) is 78.9 Å². The lowest BCUT2D eigenvalue weighted by molar-refractivity contribution is 0.180. The zero-order valence-electron chi connectivity index (χ0n) is 19.1. The Morgan fingerprint density at radius 1 is 0.857 bits per heavy atom. The van der Waals surface area contributed by atoms with E-state index in [1.807, 2.05) is 83.1 Å². The van der Waals surface area contributed by atoms with Gasteiger partial charge in [0.15, 0.2) is 0 Å². The molecule has 2 aromatic rings. The highest BCUT2D eigenvalue weighted by molar-refractivity contribution is 6.00. The molecule has 2 nitrogen and oxygen atoms in total. The summed E-state index contributed by atoms with van der Waals surface area (Å²) in [4.78, 5) is 4.26. The number of allylic oxidation sites excluding steroid dienone is 1. The van der Waals surface area contributed by atoms with Gasteiger partial charge in [0.25, 0.3) is 0 Å². The van der Waals surface area contributed by atoms with Crippen LogP contribution in [0, 0.1) is 0 Å². The van der Waals surface area contributed by atoms with Crippen LogP contribution in [-0.4, -0.2) is 17.0 Å². The molecule has 0 saturated carbocycles. The van der Waals surface area contributed by atoms with Gasteiger partial charge in [0, 0.05) is 5.71 Å². The molecular formula is C26H41NO. The minimum Gasteiger partial charge on any atom is -0.372 e. The van der Waals surface area contributed by atoms with Crippen LogP contribution in [0.25, 0.3) is 5.57 Å². The topological polar surface area (TPSA) is 32.6 Å². The zero-order valence-corrected chi connectivity index (χ0v) is 19.1. The molecule has 0 fully saturated rings. The van der Waals surface area contributed by atoms with Gasteiger partial charge in [-0.25, -0.2) is 0 Å². The zero-order chi connectivity index (χ0) is 21.8. The molecule has 0 aliphatic rings. The molecule has 156 valence electrons. The van der Waals surface area contributed by atoms with Crippen molar-refractivity contribution in [1.82, 2.24) is 0 Å². The van der Waals surface area contributed by atoms with Crippen molar-refractivity contribution in [3.05, 3.63) is 78.4 Å². The largest absolute Gasteiger partial charge is 0.372 e. The maximum absolute atomic E-state index is 9.43. The van der Waals surface area contributed by atoms with E-state index in [4.69, 9.17) is 0 Å². The van der Waals surface area contributed by atoms with E-state index >= 15 is 0 Å². The minimum atomic E-state index is -0.565. The summed E-state index contributed by atoms with van der Waals surface area (Å²) in [5.74, 6) is 0. The van der Waals surface area contributed by atoms with Gasteiger partial charge in [0.2, 0.25) is 0 Å². The monoisotopic (exact) mass is 383 g/mol. The highest BCUT2D eigenvalue weighted by Crippen LogP contribution is 2.08. The number of aliphatic hydroxyl groups excluding tert-OH is 1. The smallest absolute Gasteiger partial charge is 0.145 e. The molecule has 0 spiro atoms. The lowest BCUT2D eigenvalue weighted by Gasteiger charge is -2.07. The van der Waals surface area contributed by atoms with Crippen LogP contribution in [0.3, 0.4) is 0 Å². The van der Waals surface area contributed by atoms with Gasteiger partial charge in [-0.1, -0.05) is 121 Å². The average Bonchev–Trinajstić information content (AvgIpc) is 2.75. The van der Waals surface area contributed by atoms with E-state index in [1.54, 1.807) is 0 Å². The molecule has 0 aliphatic heterocycles. The van der Waals surface area contributed by atoms with Gasteiger partial charge in [-0.2, -0.15) is 0 Å². The van der Waals surface area contributed by atoms with E-state index in [-0.39, 0.29) is 0 Å². The van der Waals surface area contributed by atoms with Crippen molar-refractivity contribution >= 4 is 11.3 Å². The Balaban J connectivity index is 0. The van der Waals surface area contributed by atoms with E-state index in [0.29, 0.717) is 6.42 Å². The Bertz CT molecular complexity index is 617. The second kappa shape index (κ2) is 19.6. The predicted octanol–water partition coefficient (Wildman–Crippen LogP) is 7.78. The predicted molar refractivity (Wildman–Crippen MR) is 128 cm³/mol. The number of benzene rings is 2. The first kappa shape index (κ1) is 28.0. The molecule has 2 heteroatoms. The van der Waals surface area contributed by atoms with Crippen LogP contribution in [0.5, 0.6) is 0 Å². The van der Waals surface area contributed by atoms with E-state index in [0.717, 1.165) is 23.3 Å². The fourth-order valence-corrected chi connectivity index (χ4v) is 1.99. The number of aliphatic hydroxyl groups is 1. The molecule has 1 unspecified atom stereocenters. The van der Waals surface area contributed by atoms with Crippen molar-refractivity contribution in [1.29, 1.82) is 0 Å². The third-order valence-corrected chi connectivity index (χ3v) is 3.38. The second-order valence-electron chi connectivity index (χ2n) is 6.04. The van der Waals surface area contributed by atoms with Crippen molar-refractivity contribution in [3.63, 3.8) is 0 Å². The fraction of sp³-hybridized carbons (Fsp3) is 0.423. The highest BCUT2D eigenvalue weighted by atomic mass is 16.3. The Labute approximate surface area is 174 Å². The Morgan fingerprint density at radius 3 is 1.54 bits per heavy atom. The summed E-state index contributed by atoms with van der Waals surface area (Å²) in [5.41, 5.74) is 4.41. The number of aliphatic imine (C=N–C) groups is 1. The Hall–Kier alpha value is -2.19. The summed E-state index contributed by atoms with van der Waals surface area (Å²) in [6, 6.07) is 20.1. The van der Waals surface area contributed by atoms with Crippen LogP contribution in [0.15, 0.2) is 72.2 Å². The van der Waals surface area contributed by atoms with Crippen LogP contribution in [0.4, 0.5) is 0 Å². The lowest BCUT2D eigenvalue weighted by atomic mass is 10.1. The van der Waals surface area contributed by atoms with Crippen molar-refractivity contribution < 1.29 is 5.11 Å². The SMILES string of the molecule is C=C(C)c1ccccc1.CC.CC/C(=N\C(O)CC)c1ccccc1.CCC. The molecule has 0 amide bonds. The summed E-state index contributed by atoms with van der Waals surface area (Å²) in [7, 11) is 0. The third kappa shape index (κ3) is 13.9. The molecule has 0 aromatic heterocycles. The van der Waals surface area contributed by atoms with Gasteiger partial charge in [-0.3, -0.25) is 4.99 Å². The van der Waals surface area contributed by atoms with Gasteiger partial charge in [-0.15, -0.1) is 0 Å². The fourth-order valence-electron chi connectivity index (χ4n) is 1.99. The van der Waals surface area contributed by atoms with E-state index in [1.165, 1.54) is 12.0 Å². The molecule has 0 bridgehead atoms. The standard InChI is InChI=1S/C12H17NO.C9H10.C3H8.C2H6/c1-3-11(13-12(14)4-2)10-8-6-5-7-9-10;1-8(2)9-6-4-3-5-7-9;1-3-2;1-2/h5-9,12,14H,3-4H2,1-2H3;3-7H,1H2,2H3;3H2,1-2H3;1-2H3/b13-11+;;;. The van der Waals surface area contributed by atoms with E-state index in [9.17, 15) is 5.11 Å². The molecule has 1 atom stereocenters. The lowest BCUT2D eigenvalue weighted by Crippen LogP contribution is -2.07. The van der Waals surface area contributed by atoms with Gasteiger partial charge >= 0.3 is 0 Å². The normalized spacial score (nSPS) is 10.8. The van der Waals surface area contributed by atoms with E-state index in [2.05, 4.69) is 37.6 Å². The number of hydrogen-bond donors (Lipinski definition) is 1. The molecule has 28 heavy (non-hydrogen) atoms. The van der Waals surface area contributed by atoms with E-state index < -0.39 is 6.23 Å². The maximum atomic E-state index is 9.43. The molecule has 0 radical (unpaired) electrons. The van der Waals surface area contributed by atoms with Crippen LogP contribution in [0.2, 0.25) is 0 Å². The molecule has 0 heterocycles. The summed E-state index contributed by atoms with van der Waals surface area (Å²) < 4.78 is 0. The first-order chi connectivity index (χ1) is 13.5. The minimum absolute atomic E-state index is 0.565. The first-order valence-corrected chi connectivity index (χ1v) is 10.5. The molecule has 1 N–H and O–H groups in total. The summed E-state index contributed by atoms with van der Waals surface area (Å²) in [6.07, 6.45) is 2.20. The molecule has 2 aromatic carbocycles. The van der Waals surface area contributed by atoms with Crippen molar-refractivity contribution in [2.45, 2.75) is 74.0 Å². The molecule has 2 rings (SSSR count). The summed E-state index contributed by atoms with van der Waals surface area (Å²) in [5, 5.41) is 9.43. The van der Waals surface area contributed by atoms with Crippen molar-refractivity contribution in [3.8, 4) is 0 Å². The highest BCUT2D eigenvalue weighted by Gasteiger charge is 2.02. The quantitative estimate of drug-likeness (QED) is 0.525. The van der Waals surface area contributed by atoms with Crippen LogP contribution >= 0.6 is 0 Å². The Kier molecular flexibility index (Phi) is 19.6. The maximum Gasteiger partial charge on any atom is 0.145 e. The summed E-state index contributed by atoms with van der Waals surface area (Å²) >= 11 is 0. The van der Waals surface area contributed by atoms with Crippen molar-refractivity contribution in [2.24, 2.45) is 4.99 Å².